The van der Waals surface area contributed by atoms with Gasteiger partial charge in [0.25, 0.3) is 0 Å². The van der Waals surface area contributed by atoms with Crippen LogP contribution in [0.2, 0.25) is 0 Å². The van der Waals surface area contributed by atoms with Crippen molar-refractivity contribution in [3.63, 3.8) is 0 Å². The van der Waals surface area contributed by atoms with Gasteiger partial charge in [0, 0.05) is 58.0 Å². The predicted molar refractivity (Wildman–Crippen MR) is 82.0 cm³/mol. The monoisotopic (exact) mass is 302 g/mol. The molecule has 1 fully saturated rings. The minimum absolute atomic E-state index is 0.139. The molecule has 2 aromatic heterocycles. The molecule has 0 N–H and O–H groups in total. The minimum Gasteiger partial charge on any atom is -0.338 e. The standard InChI is InChI=1S/C15H22N6O/c1-13(21-6-3-4-17-21)15(22)20-10-8-19(9-11-20)12-14-16-5-7-18(14)2/h3-7,13H,8-12H2,1-2H3/t13-/m0/s1. The molecule has 0 aliphatic carbocycles. The Morgan fingerprint density at radius 2 is 2.00 bits per heavy atom. The van der Waals surface area contributed by atoms with Gasteiger partial charge in [-0.3, -0.25) is 14.4 Å². The molecule has 0 saturated carbocycles. The smallest absolute Gasteiger partial charge is 0.247 e. The van der Waals surface area contributed by atoms with E-state index in [2.05, 4.69) is 15.0 Å². The Hall–Kier alpha value is -2.15. The van der Waals surface area contributed by atoms with Gasteiger partial charge in [0.15, 0.2) is 0 Å². The van der Waals surface area contributed by atoms with E-state index in [9.17, 15) is 4.79 Å². The van der Waals surface area contributed by atoms with Crippen LogP contribution in [0.3, 0.4) is 0 Å². The summed E-state index contributed by atoms with van der Waals surface area (Å²) in [5.74, 6) is 1.20. The highest BCUT2D eigenvalue weighted by Crippen LogP contribution is 2.12. The van der Waals surface area contributed by atoms with Gasteiger partial charge in [-0.15, -0.1) is 0 Å². The fourth-order valence-corrected chi connectivity index (χ4v) is 2.76. The van der Waals surface area contributed by atoms with Gasteiger partial charge >= 0.3 is 0 Å². The maximum absolute atomic E-state index is 12.5. The second-order valence-corrected chi connectivity index (χ2v) is 5.72. The minimum atomic E-state index is -0.240. The first-order valence-corrected chi connectivity index (χ1v) is 7.61. The Kier molecular flexibility index (Phi) is 4.24. The molecule has 1 atom stereocenters. The summed E-state index contributed by atoms with van der Waals surface area (Å²) in [5.41, 5.74) is 0. The van der Waals surface area contributed by atoms with Crippen LogP contribution in [0.15, 0.2) is 30.9 Å². The van der Waals surface area contributed by atoms with Gasteiger partial charge in [0.05, 0.1) is 6.54 Å². The van der Waals surface area contributed by atoms with E-state index in [0.717, 1.165) is 38.5 Å². The van der Waals surface area contributed by atoms with Crippen molar-refractivity contribution in [2.45, 2.75) is 19.5 Å². The van der Waals surface area contributed by atoms with E-state index in [0.29, 0.717) is 0 Å². The van der Waals surface area contributed by atoms with E-state index < -0.39 is 0 Å². The van der Waals surface area contributed by atoms with Crippen LogP contribution < -0.4 is 0 Å². The number of carbonyl (C=O) groups excluding carboxylic acids is 1. The molecule has 1 saturated heterocycles. The maximum Gasteiger partial charge on any atom is 0.247 e. The topological polar surface area (TPSA) is 59.2 Å². The van der Waals surface area contributed by atoms with Gasteiger partial charge in [-0.05, 0) is 13.0 Å². The fraction of sp³-hybridized carbons (Fsp3) is 0.533. The summed E-state index contributed by atoms with van der Waals surface area (Å²) < 4.78 is 3.75. The van der Waals surface area contributed by atoms with Crippen molar-refractivity contribution in [2.24, 2.45) is 7.05 Å². The number of carbonyl (C=O) groups is 1. The second-order valence-electron chi connectivity index (χ2n) is 5.72. The highest BCUT2D eigenvalue weighted by molar-refractivity contribution is 5.80. The lowest BCUT2D eigenvalue weighted by atomic mass is 10.2. The summed E-state index contributed by atoms with van der Waals surface area (Å²) in [4.78, 5) is 21.1. The predicted octanol–water partition coefficient (Wildman–Crippen LogP) is 0.522. The summed E-state index contributed by atoms with van der Waals surface area (Å²) in [7, 11) is 2.01. The molecular weight excluding hydrogens is 280 g/mol. The number of aromatic nitrogens is 4. The van der Waals surface area contributed by atoms with Crippen molar-refractivity contribution in [1.29, 1.82) is 0 Å². The number of rotatable bonds is 4. The van der Waals surface area contributed by atoms with Crippen LogP contribution in [-0.4, -0.2) is 61.2 Å². The first-order valence-electron chi connectivity index (χ1n) is 7.61. The van der Waals surface area contributed by atoms with E-state index in [1.807, 2.05) is 48.1 Å². The number of hydrogen-bond acceptors (Lipinski definition) is 4. The molecule has 0 spiro atoms. The third kappa shape index (κ3) is 3.04. The Balaban J connectivity index is 1.53. The summed E-state index contributed by atoms with van der Waals surface area (Å²) in [6.07, 6.45) is 7.32. The molecule has 22 heavy (non-hydrogen) atoms. The lowest BCUT2D eigenvalue weighted by Gasteiger charge is -2.35. The fourth-order valence-electron chi connectivity index (χ4n) is 2.76. The van der Waals surface area contributed by atoms with Crippen molar-refractivity contribution in [3.05, 3.63) is 36.7 Å². The van der Waals surface area contributed by atoms with Crippen molar-refractivity contribution in [2.75, 3.05) is 26.2 Å². The van der Waals surface area contributed by atoms with E-state index in [1.54, 1.807) is 10.9 Å². The molecule has 1 aliphatic rings. The van der Waals surface area contributed by atoms with Gasteiger partial charge in [-0.1, -0.05) is 0 Å². The van der Waals surface area contributed by atoms with E-state index in [-0.39, 0.29) is 11.9 Å². The van der Waals surface area contributed by atoms with Crippen molar-refractivity contribution >= 4 is 5.91 Å². The first kappa shape index (κ1) is 14.8. The lowest BCUT2D eigenvalue weighted by Crippen LogP contribution is -2.50. The average Bonchev–Trinajstić information content (AvgIpc) is 3.19. The molecule has 3 rings (SSSR count). The number of amides is 1. The molecule has 0 radical (unpaired) electrons. The van der Waals surface area contributed by atoms with Crippen molar-refractivity contribution < 1.29 is 4.79 Å². The van der Waals surface area contributed by atoms with Crippen LogP contribution in [0.1, 0.15) is 18.8 Å². The number of imidazole rings is 1. The van der Waals surface area contributed by atoms with E-state index in [4.69, 9.17) is 0 Å². The third-order valence-corrected chi connectivity index (χ3v) is 4.25. The molecule has 7 nitrogen and oxygen atoms in total. The van der Waals surface area contributed by atoms with Gasteiger partial charge < -0.3 is 9.47 Å². The van der Waals surface area contributed by atoms with E-state index in [1.165, 1.54) is 0 Å². The second kappa shape index (κ2) is 6.31. The molecule has 0 unspecified atom stereocenters. The zero-order valence-corrected chi connectivity index (χ0v) is 13.1. The highest BCUT2D eigenvalue weighted by atomic mass is 16.2. The average molecular weight is 302 g/mol. The number of aryl methyl sites for hydroxylation is 1. The van der Waals surface area contributed by atoms with Gasteiger partial charge in [0.2, 0.25) is 5.91 Å². The molecule has 0 bridgehead atoms. The quantitative estimate of drug-likeness (QED) is 0.826. The summed E-state index contributed by atoms with van der Waals surface area (Å²) >= 11 is 0. The van der Waals surface area contributed by atoms with Gasteiger partial charge in [-0.25, -0.2) is 4.98 Å². The molecule has 2 aromatic rings. The largest absolute Gasteiger partial charge is 0.338 e. The Morgan fingerprint density at radius 1 is 1.23 bits per heavy atom. The Bertz CT molecular complexity index is 612. The number of hydrogen-bond donors (Lipinski definition) is 0. The van der Waals surface area contributed by atoms with Crippen molar-refractivity contribution in [3.8, 4) is 0 Å². The Morgan fingerprint density at radius 3 is 2.59 bits per heavy atom. The van der Waals surface area contributed by atoms with Crippen LogP contribution in [0.5, 0.6) is 0 Å². The highest BCUT2D eigenvalue weighted by Gasteiger charge is 2.26. The molecule has 3 heterocycles. The van der Waals surface area contributed by atoms with Crippen LogP contribution in [0.4, 0.5) is 0 Å². The zero-order chi connectivity index (χ0) is 15.5. The first-order chi connectivity index (χ1) is 10.6. The lowest BCUT2D eigenvalue weighted by molar-refractivity contribution is -0.136. The van der Waals surface area contributed by atoms with Crippen LogP contribution in [-0.2, 0) is 18.4 Å². The van der Waals surface area contributed by atoms with Crippen molar-refractivity contribution in [1.82, 2.24) is 29.1 Å². The number of nitrogens with zero attached hydrogens (tertiary/aromatic N) is 6. The van der Waals surface area contributed by atoms with Crippen LogP contribution in [0, 0.1) is 0 Å². The summed E-state index contributed by atoms with van der Waals surface area (Å²) in [6, 6.07) is 1.60. The molecular formula is C15H22N6O. The molecule has 118 valence electrons. The summed E-state index contributed by atoms with van der Waals surface area (Å²) in [5, 5.41) is 4.15. The molecule has 1 amide bonds. The zero-order valence-electron chi connectivity index (χ0n) is 13.1. The molecule has 1 aliphatic heterocycles. The van der Waals surface area contributed by atoms with Crippen LogP contribution in [0.25, 0.3) is 0 Å². The van der Waals surface area contributed by atoms with Crippen LogP contribution >= 0.6 is 0 Å². The van der Waals surface area contributed by atoms with Gasteiger partial charge in [0.1, 0.15) is 11.9 Å². The number of piperazine rings is 1. The maximum atomic E-state index is 12.5. The van der Waals surface area contributed by atoms with Gasteiger partial charge in [-0.2, -0.15) is 5.10 Å². The SMILES string of the molecule is C[C@@H](C(=O)N1CCN(Cc2nccn2C)CC1)n1cccn1. The summed E-state index contributed by atoms with van der Waals surface area (Å²) in [6.45, 7) is 6.01. The molecule has 7 heteroatoms. The Labute approximate surface area is 130 Å². The van der Waals surface area contributed by atoms with E-state index >= 15 is 0 Å². The molecule has 0 aromatic carbocycles. The third-order valence-electron chi connectivity index (χ3n) is 4.25. The normalized spacial score (nSPS) is 17.6.